The molecule has 0 fully saturated rings. The number of nitro groups is 1. The molecular weight excluding hydrogens is 300 g/mol. The molecule has 1 aromatic rings. The van der Waals surface area contributed by atoms with Crippen LogP contribution < -0.4 is 4.90 Å². The molecule has 5 nitrogen and oxygen atoms in total. The summed E-state index contributed by atoms with van der Waals surface area (Å²) >= 11 is 3.32. The van der Waals surface area contributed by atoms with Crippen LogP contribution in [0, 0.1) is 10.1 Å². The molecule has 0 aliphatic carbocycles. The average Bonchev–Trinajstić information content (AvgIpc) is 2.34. The molecule has 1 aromatic carbocycles. The van der Waals surface area contributed by atoms with Crippen LogP contribution in [0.2, 0.25) is 0 Å². The monoisotopic (exact) mass is 316 g/mol. The van der Waals surface area contributed by atoms with Gasteiger partial charge in [0.05, 0.1) is 11.5 Å². The smallest absolute Gasteiger partial charge is 0.292 e. The van der Waals surface area contributed by atoms with Crippen molar-refractivity contribution in [3.63, 3.8) is 0 Å². The molecule has 1 N–H and O–H groups in total. The van der Waals surface area contributed by atoms with Crippen molar-refractivity contribution in [3.05, 3.63) is 32.8 Å². The number of unbranched alkanes of at least 4 members (excludes halogenated alkanes) is 1. The first-order valence-corrected chi connectivity index (χ1v) is 6.69. The Morgan fingerprint density at radius 3 is 2.72 bits per heavy atom. The third-order valence-corrected chi connectivity index (χ3v) is 3.12. The van der Waals surface area contributed by atoms with E-state index >= 15 is 0 Å². The molecule has 0 spiro atoms. The van der Waals surface area contributed by atoms with Crippen molar-refractivity contribution in [1.82, 2.24) is 0 Å². The lowest BCUT2D eigenvalue weighted by molar-refractivity contribution is -0.384. The molecule has 0 aliphatic heterocycles. The number of rotatable bonds is 7. The van der Waals surface area contributed by atoms with Gasteiger partial charge in [-0.2, -0.15) is 0 Å². The second-order valence-electron chi connectivity index (χ2n) is 3.95. The molecule has 6 heteroatoms. The van der Waals surface area contributed by atoms with Gasteiger partial charge < -0.3 is 10.0 Å². The molecule has 0 radical (unpaired) electrons. The fourth-order valence-corrected chi connectivity index (χ4v) is 2.08. The lowest BCUT2D eigenvalue weighted by Crippen LogP contribution is -2.28. The molecular formula is C12H17BrN2O3. The number of aliphatic hydroxyl groups excluding tert-OH is 1. The van der Waals surface area contributed by atoms with E-state index in [1.807, 2.05) is 4.90 Å². The molecule has 0 saturated heterocycles. The molecule has 0 amide bonds. The normalized spacial score (nSPS) is 10.4. The Bertz CT molecular complexity index is 412. The Morgan fingerprint density at radius 1 is 1.44 bits per heavy atom. The fraction of sp³-hybridized carbons (Fsp3) is 0.500. The zero-order valence-corrected chi connectivity index (χ0v) is 11.9. The predicted octanol–water partition coefficient (Wildman–Crippen LogP) is 2.96. The minimum atomic E-state index is -0.391. The van der Waals surface area contributed by atoms with E-state index in [2.05, 4.69) is 22.9 Å². The standard InChI is InChI=1S/C12H17BrN2O3/c1-2-3-6-14(7-8-16)12-9-10(13)4-5-11(12)15(17)18/h4-5,9,16H,2-3,6-8H2,1H3. The molecule has 18 heavy (non-hydrogen) atoms. The van der Waals surface area contributed by atoms with E-state index in [4.69, 9.17) is 5.11 Å². The van der Waals surface area contributed by atoms with Crippen molar-refractivity contribution in [2.24, 2.45) is 0 Å². The summed E-state index contributed by atoms with van der Waals surface area (Å²) in [6.45, 7) is 3.14. The number of halogens is 1. The number of aliphatic hydroxyl groups is 1. The molecule has 0 heterocycles. The van der Waals surface area contributed by atoms with Crippen LogP contribution in [-0.2, 0) is 0 Å². The van der Waals surface area contributed by atoms with Gasteiger partial charge in [0, 0.05) is 23.6 Å². The minimum absolute atomic E-state index is 0.0205. The quantitative estimate of drug-likeness (QED) is 0.620. The van der Waals surface area contributed by atoms with E-state index in [-0.39, 0.29) is 12.3 Å². The number of hydrogen-bond acceptors (Lipinski definition) is 4. The number of nitro benzene ring substituents is 1. The third kappa shape index (κ3) is 3.96. The first kappa shape index (κ1) is 14.9. The van der Waals surface area contributed by atoms with Crippen LogP contribution in [0.5, 0.6) is 0 Å². The number of hydrogen-bond donors (Lipinski definition) is 1. The summed E-state index contributed by atoms with van der Waals surface area (Å²) in [5.41, 5.74) is 0.625. The van der Waals surface area contributed by atoms with Gasteiger partial charge in [-0.1, -0.05) is 29.3 Å². The molecule has 0 atom stereocenters. The second kappa shape index (κ2) is 7.33. The summed E-state index contributed by atoms with van der Waals surface area (Å²) in [6.07, 6.45) is 1.94. The van der Waals surface area contributed by atoms with Gasteiger partial charge in [-0.3, -0.25) is 10.1 Å². The lowest BCUT2D eigenvalue weighted by Gasteiger charge is -2.23. The van der Waals surface area contributed by atoms with Crippen LogP contribution in [0.4, 0.5) is 11.4 Å². The maximum Gasteiger partial charge on any atom is 0.292 e. The van der Waals surface area contributed by atoms with Crippen molar-refractivity contribution >= 4 is 27.3 Å². The van der Waals surface area contributed by atoms with Gasteiger partial charge in [-0.05, 0) is 18.6 Å². The average molecular weight is 317 g/mol. The predicted molar refractivity (Wildman–Crippen MR) is 75.0 cm³/mol. The van der Waals surface area contributed by atoms with E-state index in [0.717, 1.165) is 17.3 Å². The first-order chi connectivity index (χ1) is 8.60. The van der Waals surface area contributed by atoms with Crippen LogP contribution >= 0.6 is 15.9 Å². The molecule has 0 aromatic heterocycles. The van der Waals surface area contributed by atoms with E-state index in [0.29, 0.717) is 18.8 Å². The molecule has 100 valence electrons. The maximum absolute atomic E-state index is 11.0. The van der Waals surface area contributed by atoms with Crippen LogP contribution in [0.15, 0.2) is 22.7 Å². The topological polar surface area (TPSA) is 66.6 Å². The number of nitrogens with zero attached hydrogens (tertiary/aromatic N) is 2. The van der Waals surface area contributed by atoms with Crippen molar-refractivity contribution in [2.75, 3.05) is 24.6 Å². The van der Waals surface area contributed by atoms with Crippen LogP contribution in [0.25, 0.3) is 0 Å². The van der Waals surface area contributed by atoms with Crippen LogP contribution in [0.1, 0.15) is 19.8 Å². The Hall–Kier alpha value is -1.14. The highest BCUT2D eigenvalue weighted by atomic mass is 79.9. The number of benzene rings is 1. The maximum atomic E-state index is 11.0. The van der Waals surface area contributed by atoms with Crippen LogP contribution in [-0.4, -0.2) is 29.7 Å². The summed E-state index contributed by atoms with van der Waals surface area (Å²) in [7, 11) is 0. The molecule has 0 unspecified atom stereocenters. The third-order valence-electron chi connectivity index (χ3n) is 2.63. The highest BCUT2D eigenvalue weighted by Gasteiger charge is 2.19. The highest BCUT2D eigenvalue weighted by Crippen LogP contribution is 2.31. The summed E-state index contributed by atoms with van der Waals surface area (Å²) < 4.78 is 0.794. The Morgan fingerprint density at radius 2 is 2.17 bits per heavy atom. The van der Waals surface area contributed by atoms with Gasteiger partial charge >= 0.3 is 0 Å². The number of anilines is 1. The first-order valence-electron chi connectivity index (χ1n) is 5.90. The molecule has 0 saturated carbocycles. The molecule has 1 rings (SSSR count). The van der Waals surface area contributed by atoms with Gasteiger partial charge in [0.1, 0.15) is 5.69 Å². The molecule has 0 bridgehead atoms. The zero-order chi connectivity index (χ0) is 13.5. The lowest BCUT2D eigenvalue weighted by atomic mass is 10.2. The van der Waals surface area contributed by atoms with E-state index in [9.17, 15) is 10.1 Å². The SMILES string of the molecule is CCCCN(CCO)c1cc(Br)ccc1[N+](=O)[O-]. The zero-order valence-electron chi connectivity index (χ0n) is 10.3. The summed E-state index contributed by atoms with van der Waals surface area (Å²) in [6, 6.07) is 4.86. The largest absolute Gasteiger partial charge is 0.395 e. The van der Waals surface area contributed by atoms with Gasteiger partial charge in [-0.25, -0.2) is 0 Å². The van der Waals surface area contributed by atoms with Crippen molar-refractivity contribution < 1.29 is 10.0 Å². The summed E-state index contributed by atoms with van der Waals surface area (Å²) in [5, 5.41) is 20.1. The van der Waals surface area contributed by atoms with Gasteiger partial charge in [0.15, 0.2) is 0 Å². The van der Waals surface area contributed by atoms with E-state index < -0.39 is 4.92 Å². The van der Waals surface area contributed by atoms with Crippen molar-refractivity contribution in [3.8, 4) is 0 Å². The fourth-order valence-electron chi connectivity index (χ4n) is 1.73. The van der Waals surface area contributed by atoms with E-state index in [1.165, 1.54) is 6.07 Å². The van der Waals surface area contributed by atoms with E-state index in [1.54, 1.807) is 12.1 Å². The van der Waals surface area contributed by atoms with Crippen molar-refractivity contribution in [1.29, 1.82) is 0 Å². The van der Waals surface area contributed by atoms with Gasteiger partial charge in [-0.15, -0.1) is 0 Å². The Kier molecular flexibility index (Phi) is 6.07. The Labute approximate surface area is 115 Å². The summed E-state index contributed by atoms with van der Waals surface area (Å²) in [5.74, 6) is 0. The van der Waals surface area contributed by atoms with Gasteiger partial charge in [0.2, 0.25) is 0 Å². The van der Waals surface area contributed by atoms with Crippen molar-refractivity contribution in [2.45, 2.75) is 19.8 Å². The minimum Gasteiger partial charge on any atom is -0.395 e. The van der Waals surface area contributed by atoms with Gasteiger partial charge in [0.25, 0.3) is 5.69 Å². The Balaban J connectivity index is 3.07. The second-order valence-corrected chi connectivity index (χ2v) is 4.87. The molecule has 0 aliphatic rings. The summed E-state index contributed by atoms with van der Waals surface area (Å²) in [4.78, 5) is 12.5. The highest BCUT2D eigenvalue weighted by molar-refractivity contribution is 9.10. The van der Waals surface area contributed by atoms with Crippen LogP contribution in [0.3, 0.4) is 0 Å².